The standard InChI is InChI=1S/C22H26N2O3S/c1-15-3-11-20(12-4-15)28(26,27)24(2)19-9-7-17(8-10-19)22(25)23-21-14-16-5-6-18(21)13-16/h3-4,7-12,16,18,21H,5-6,13-14H2,1-2H3,(H,23,25). The number of nitrogens with zero attached hydrogens (tertiary/aromatic N) is 1. The smallest absolute Gasteiger partial charge is 0.264 e. The third kappa shape index (κ3) is 3.53. The molecule has 2 bridgehead atoms. The number of carbonyl (C=O) groups is 1. The van der Waals surface area contributed by atoms with Crippen LogP contribution in [0.2, 0.25) is 0 Å². The maximum Gasteiger partial charge on any atom is 0.264 e. The minimum absolute atomic E-state index is 0.0758. The van der Waals surface area contributed by atoms with Gasteiger partial charge in [-0.25, -0.2) is 8.42 Å². The molecular weight excluding hydrogens is 372 g/mol. The van der Waals surface area contributed by atoms with Gasteiger partial charge in [0, 0.05) is 18.7 Å². The van der Waals surface area contributed by atoms with Crippen molar-refractivity contribution in [2.24, 2.45) is 11.8 Å². The number of aryl methyl sites for hydroxylation is 1. The van der Waals surface area contributed by atoms with Crippen molar-refractivity contribution in [1.29, 1.82) is 0 Å². The molecule has 0 saturated heterocycles. The van der Waals surface area contributed by atoms with E-state index in [0.29, 0.717) is 17.2 Å². The number of benzene rings is 2. The maximum absolute atomic E-state index is 12.8. The van der Waals surface area contributed by atoms with Gasteiger partial charge in [0.15, 0.2) is 0 Å². The van der Waals surface area contributed by atoms with Crippen LogP contribution in [0, 0.1) is 18.8 Å². The third-order valence-electron chi connectivity index (χ3n) is 6.23. The Morgan fingerprint density at radius 1 is 1.00 bits per heavy atom. The first-order chi connectivity index (χ1) is 13.3. The fraction of sp³-hybridized carbons (Fsp3) is 0.409. The molecule has 0 aromatic heterocycles. The van der Waals surface area contributed by atoms with E-state index in [4.69, 9.17) is 0 Å². The summed E-state index contributed by atoms with van der Waals surface area (Å²) in [6.45, 7) is 1.92. The first-order valence-corrected chi connectivity index (χ1v) is 11.2. The van der Waals surface area contributed by atoms with Crippen LogP contribution < -0.4 is 9.62 Å². The van der Waals surface area contributed by atoms with Gasteiger partial charge in [0.25, 0.3) is 15.9 Å². The van der Waals surface area contributed by atoms with Crippen molar-refractivity contribution in [3.05, 3.63) is 59.7 Å². The molecule has 2 aliphatic carbocycles. The molecule has 28 heavy (non-hydrogen) atoms. The van der Waals surface area contributed by atoms with Crippen LogP contribution in [0.4, 0.5) is 5.69 Å². The van der Waals surface area contributed by atoms with Crippen molar-refractivity contribution in [3.8, 4) is 0 Å². The number of nitrogens with one attached hydrogen (secondary N) is 1. The summed E-state index contributed by atoms with van der Waals surface area (Å²) >= 11 is 0. The SMILES string of the molecule is Cc1ccc(S(=O)(=O)N(C)c2ccc(C(=O)NC3CC4CCC3C4)cc2)cc1. The van der Waals surface area contributed by atoms with E-state index in [1.807, 2.05) is 6.92 Å². The minimum Gasteiger partial charge on any atom is -0.349 e. The molecule has 0 spiro atoms. The molecule has 0 heterocycles. The Labute approximate surface area is 166 Å². The van der Waals surface area contributed by atoms with E-state index in [-0.39, 0.29) is 16.8 Å². The van der Waals surface area contributed by atoms with Crippen LogP contribution >= 0.6 is 0 Å². The predicted octanol–water partition coefficient (Wildman–Crippen LogP) is 3.74. The minimum atomic E-state index is -3.63. The van der Waals surface area contributed by atoms with Crippen LogP contribution in [-0.4, -0.2) is 27.4 Å². The third-order valence-corrected chi connectivity index (χ3v) is 8.03. The number of hydrogen-bond acceptors (Lipinski definition) is 3. The fourth-order valence-corrected chi connectivity index (χ4v) is 5.70. The van der Waals surface area contributed by atoms with Crippen LogP contribution in [0.1, 0.15) is 41.6 Å². The molecule has 148 valence electrons. The molecule has 3 unspecified atom stereocenters. The van der Waals surface area contributed by atoms with Gasteiger partial charge in [-0.3, -0.25) is 9.10 Å². The van der Waals surface area contributed by atoms with E-state index >= 15 is 0 Å². The summed E-state index contributed by atoms with van der Waals surface area (Å²) in [7, 11) is -2.11. The second-order valence-electron chi connectivity index (χ2n) is 8.09. The van der Waals surface area contributed by atoms with Gasteiger partial charge in [-0.05, 0) is 74.4 Å². The lowest BCUT2D eigenvalue weighted by atomic mass is 9.95. The summed E-state index contributed by atoms with van der Waals surface area (Å²) in [6.07, 6.45) is 4.85. The quantitative estimate of drug-likeness (QED) is 0.834. The van der Waals surface area contributed by atoms with Crippen molar-refractivity contribution in [3.63, 3.8) is 0 Å². The Kier molecular flexibility index (Phi) is 4.91. The summed E-state index contributed by atoms with van der Waals surface area (Å²) in [5.74, 6) is 1.32. The van der Waals surface area contributed by atoms with Crippen LogP contribution in [0.25, 0.3) is 0 Å². The topological polar surface area (TPSA) is 66.5 Å². The highest BCUT2D eigenvalue weighted by molar-refractivity contribution is 7.92. The van der Waals surface area contributed by atoms with Crippen LogP contribution in [0.15, 0.2) is 53.4 Å². The zero-order valence-corrected chi connectivity index (χ0v) is 17.1. The van der Waals surface area contributed by atoms with E-state index in [0.717, 1.165) is 17.9 Å². The molecule has 1 N–H and O–H groups in total. The van der Waals surface area contributed by atoms with Gasteiger partial charge in [0.1, 0.15) is 0 Å². The largest absolute Gasteiger partial charge is 0.349 e. The van der Waals surface area contributed by atoms with E-state index in [1.54, 1.807) is 48.5 Å². The lowest BCUT2D eigenvalue weighted by Crippen LogP contribution is -2.38. The molecule has 0 aliphatic heterocycles. The molecule has 3 atom stereocenters. The Hall–Kier alpha value is -2.34. The van der Waals surface area contributed by atoms with Gasteiger partial charge in [-0.1, -0.05) is 24.1 Å². The predicted molar refractivity (Wildman–Crippen MR) is 110 cm³/mol. The van der Waals surface area contributed by atoms with Gasteiger partial charge >= 0.3 is 0 Å². The highest BCUT2D eigenvalue weighted by Gasteiger charge is 2.40. The summed E-state index contributed by atoms with van der Waals surface area (Å²) in [6, 6.07) is 13.8. The van der Waals surface area contributed by atoms with Crippen LogP contribution in [0.3, 0.4) is 0 Å². The first kappa shape index (κ1) is 19.0. The Morgan fingerprint density at radius 3 is 2.25 bits per heavy atom. The number of fused-ring (bicyclic) bond motifs is 2. The van der Waals surface area contributed by atoms with Crippen molar-refractivity contribution in [2.75, 3.05) is 11.4 Å². The molecule has 6 heteroatoms. The van der Waals surface area contributed by atoms with Crippen molar-refractivity contribution >= 4 is 21.6 Å². The zero-order valence-electron chi connectivity index (χ0n) is 16.3. The second-order valence-corrected chi connectivity index (χ2v) is 10.1. The summed E-state index contributed by atoms with van der Waals surface area (Å²) < 4.78 is 26.9. The van der Waals surface area contributed by atoms with E-state index in [1.165, 1.54) is 30.6 Å². The number of amides is 1. The van der Waals surface area contributed by atoms with Gasteiger partial charge in [0.05, 0.1) is 10.6 Å². The Balaban J connectivity index is 1.46. The summed E-state index contributed by atoms with van der Waals surface area (Å²) in [5.41, 5.74) is 2.09. The molecular formula is C22H26N2O3S. The van der Waals surface area contributed by atoms with E-state index in [2.05, 4.69) is 5.32 Å². The molecule has 5 nitrogen and oxygen atoms in total. The van der Waals surface area contributed by atoms with Gasteiger partial charge in [0.2, 0.25) is 0 Å². The Bertz CT molecular complexity index is 968. The van der Waals surface area contributed by atoms with Gasteiger partial charge < -0.3 is 5.32 Å². The highest BCUT2D eigenvalue weighted by Crippen LogP contribution is 2.44. The molecule has 4 rings (SSSR count). The molecule has 2 saturated carbocycles. The first-order valence-electron chi connectivity index (χ1n) is 9.81. The Morgan fingerprint density at radius 2 is 1.68 bits per heavy atom. The fourth-order valence-electron chi connectivity index (χ4n) is 4.50. The number of sulfonamides is 1. The average Bonchev–Trinajstić information content (AvgIpc) is 3.31. The summed E-state index contributed by atoms with van der Waals surface area (Å²) in [5, 5.41) is 3.17. The summed E-state index contributed by atoms with van der Waals surface area (Å²) in [4.78, 5) is 12.8. The van der Waals surface area contributed by atoms with E-state index < -0.39 is 10.0 Å². The lowest BCUT2D eigenvalue weighted by Gasteiger charge is -2.23. The molecule has 2 aromatic rings. The average molecular weight is 399 g/mol. The maximum atomic E-state index is 12.8. The van der Waals surface area contributed by atoms with Gasteiger partial charge in [-0.2, -0.15) is 0 Å². The molecule has 2 fully saturated rings. The number of hydrogen-bond donors (Lipinski definition) is 1. The van der Waals surface area contributed by atoms with Crippen LogP contribution in [-0.2, 0) is 10.0 Å². The normalized spacial score (nSPS) is 23.6. The number of anilines is 1. The van der Waals surface area contributed by atoms with Crippen molar-refractivity contribution in [2.45, 2.75) is 43.5 Å². The van der Waals surface area contributed by atoms with Crippen molar-refractivity contribution in [1.82, 2.24) is 5.32 Å². The lowest BCUT2D eigenvalue weighted by molar-refractivity contribution is 0.0923. The van der Waals surface area contributed by atoms with Crippen molar-refractivity contribution < 1.29 is 13.2 Å². The molecule has 2 aliphatic rings. The van der Waals surface area contributed by atoms with E-state index in [9.17, 15) is 13.2 Å². The number of rotatable bonds is 5. The molecule has 2 aromatic carbocycles. The molecule has 1 amide bonds. The van der Waals surface area contributed by atoms with Crippen LogP contribution in [0.5, 0.6) is 0 Å². The molecule has 0 radical (unpaired) electrons. The monoisotopic (exact) mass is 398 g/mol. The second kappa shape index (κ2) is 7.24. The highest BCUT2D eigenvalue weighted by atomic mass is 32.2. The number of carbonyl (C=O) groups excluding carboxylic acids is 1. The zero-order chi connectivity index (χ0) is 19.9. The van der Waals surface area contributed by atoms with Gasteiger partial charge in [-0.15, -0.1) is 0 Å².